The van der Waals surface area contributed by atoms with Crippen LogP contribution in [0, 0.1) is 0 Å². The van der Waals surface area contributed by atoms with Crippen molar-refractivity contribution in [1.82, 2.24) is 0 Å². The molecule has 0 aliphatic rings. The van der Waals surface area contributed by atoms with Crippen molar-refractivity contribution in [3.8, 4) is 0 Å². The summed E-state index contributed by atoms with van der Waals surface area (Å²) >= 11 is 11.8. The van der Waals surface area contributed by atoms with Gasteiger partial charge in [-0.25, -0.2) is 4.79 Å². The molecule has 0 aliphatic heterocycles. The highest BCUT2D eigenvalue weighted by Crippen LogP contribution is 2.28. The Balaban J connectivity index is 2.38. The van der Waals surface area contributed by atoms with Crippen LogP contribution in [0.25, 0.3) is 0 Å². The maximum absolute atomic E-state index is 11.9. The first kappa shape index (κ1) is 15.6. The molecule has 0 saturated heterocycles. The second-order valence-electron chi connectivity index (χ2n) is 4.67. The van der Waals surface area contributed by atoms with Crippen LogP contribution >= 0.6 is 23.2 Å². The van der Waals surface area contributed by atoms with Crippen molar-refractivity contribution < 1.29 is 9.53 Å². The highest BCUT2D eigenvalue weighted by Gasteiger charge is 2.19. The van der Waals surface area contributed by atoms with Gasteiger partial charge in [0.1, 0.15) is 0 Å². The zero-order valence-electron chi connectivity index (χ0n) is 11.5. The molecule has 0 atom stereocenters. The predicted octanol–water partition coefficient (Wildman–Crippen LogP) is 5.20. The van der Waals surface area contributed by atoms with Gasteiger partial charge < -0.3 is 4.74 Å². The van der Waals surface area contributed by atoms with Crippen LogP contribution in [0.1, 0.15) is 24.2 Å². The van der Waals surface area contributed by atoms with Gasteiger partial charge in [-0.15, -0.1) is 0 Å². The fourth-order valence-corrected chi connectivity index (χ4v) is 2.06. The summed E-state index contributed by atoms with van der Waals surface area (Å²) in [5, 5.41) is 1.25. The smallest absolute Gasteiger partial charge is 0.334 e. The maximum Gasteiger partial charge on any atom is 0.334 e. The lowest BCUT2D eigenvalue weighted by molar-refractivity contribution is -0.142. The van der Waals surface area contributed by atoms with Crippen molar-refractivity contribution in [2.45, 2.75) is 13.0 Å². The highest BCUT2D eigenvalue weighted by atomic mass is 35.5. The molecule has 0 radical (unpaired) electrons. The Bertz CT molecular complexity index is 600. The van der Waals surface area contributed by atoms with Gasteiger partial charge in [-0.1, -0.05) is 54.0 Å². The Kier molecular flexibility index (Phi) is 5.05. The van der Waals surface area contributed by atoms with Crippen molar-refractivity contribution in [3.63, 3.8) is 0 Å². The fourth-order valence-electron chi connectivity index (χ4n) is 1.81. The van der Waals surface area contributed by atoms with E-state index in [1.165, 1.54) is 0 Å². The number of halogens is 2. The topological polar surface area (TPSA) is 26.3 Å². The third-order valence-electron chi connectivity index (χ3n) is 2.92. The molecule has 2 aromatic carbocycles. The van der Waals surface area contributed by atoms with Crippen LogP contribution in [-0.4, -0.2) is 5.97 Å². The molecule has 0 amide bonds. The molecule has 2 aromatic rings. The van der Waals surface area contributed by atoms with Crippen molar-refractivity contribution >= 4 is 29.2 Å². The van der Waals surface area contributed by atoms with E-state index in [1.54, 1.807) is 31.2 Å². The van der Waals surface area contributed by atoms with Crippen LogP contribution in [0.5, 0.6) is 0 Å². The molecule has 0 spiro atoms. The van der Waals surface area contributed by atoms with E-state index < -0.39 is 12.1 Å². The third-order valence-corrected chi connectivity index (χ3v) is 3.42. The molecule has 0 fully saturated rings. The number of carbonyl (C=O) groups excluding carboxylic acids is 1. The molecule has 0 unspecified atom stereocenters. The van der Waals surface area contributed by atoms with Crippen LogP contribution in [0.2, 0.25) is 10.0 Å². The van der Waals surface area contributed by atoms with Crippen LogP contribution < -0.4 is 0 Å². The van der Waals surface area contributed by atoms with Crippen molar-refractivity contribution in [3.05, 3.63) is 81.9 Å². The number of benzene rings is 2. The SMILES string of the molecule is C=C(C)C(=O)OC(c1ccc(Cl)cc1)c1ccc(Cl)cc1. The van der Waals surface area contributed by atoms with E-state index in [-0.39, 0.29) is 0 Å². The minimum absolute atomic E-state index is 0.350. The Labute approximate surface area is 134 Å². The molecule has 0 aromatic heterocycles. The number of hydrogen-bond acceptors (Lipinski definition) is 2. The van der Waals surface area contributed by atoms with E-state index in [4.69, 9.17) is 27.9 Å². The van der Waals surface area contributed by atoms with Crippen LogP contribution in [0.3, 0.4) is 0 Å². The van der Waals surface area contributed by atoms with Gasteiger partial charge in [-0.05, 0) is 42.3 Å². The number of rotatable bonds is 4. The fraction of sp³-hybridized carbons (Fsp3) is 0.118. The van der Waals surface area contributed by atoms with Gasteiger partial charge in [0.2, 0.25) is 0 Å². The first-order chi connectivity index (χ1) is 9.97. The van der Waals surface area contributed by atoms with E-state index in [2.05, 4.69) is 6.58 Å². The second kappa shape index (κ2) is 6.79. The van der Waals surface area contributed by atoms with Crippen molar-refractivity contribution in [2.75, 3.05) is 0 Å². The second-order valence-corrected chi connectivity index (χ2v) is 5.54. The lowest BCUT2D eigenvalue weighted by Gasteiger charge is -2.19. The molecule has 21 heavy (non-hydrogen) atoms. The zero-order chi connectivity index (χ0) is 15.4. The monoisotopic (exact) mass is 320 g/mol. The Morgan fingerprint density at radius 3 is 1.67 bits per heavy atom. The van der Waals surface area contributed by atoms with Gasteiger partial charge in [0, 0.05) is 15.6 Å². The average molecular weight is 321 g/mol. The summed E-state index contributed by atoms with van der Waals surface area (Å²) in [6, 6.07) is 14.3. The van der Waals surface area contributed by atoms with Gasteiger partial charge in [0.25, 0.3) is 0 Å². The predicted molar refractivity (Wildman–Crippen MR) is 85.7 cm³/mol. The number of hydrogen-bond donors (Lipinski definition) is 0. The summed E-state index contributed by atoms with van der Waals surface area (Å²) in [7, 11) is 0. The van der Waals surface area contributed by atoms with Gasteiger partial charge in [0.15, 0.2) is 6.10 Å². The van der Waals surface area contributed by atoms with Gasteiger partial charge in [-0.2, -0.15) is 0 Å². The van der Waals surface area contributed by atoms with Crippen LogP contribution in [0.4, 0.5) is 0 Å². The molecular weight excluding hydrogens is 307 g/mol. The zero-order valence-corrected chi connectivity index (χ0v) is 13.0. The summed E-state index contributed by atoms with van der Waals surface area (Å²) in [5.74, 6) is -0.440. The molecule has 0 saturated carbocycles. The van der Waals surface area contributed by atoms with Gasteiger partial charge in [-0.3, -0.25) is 0 Å². The standard InChI is InChI=1S/C17H14Cl2O2/c1-11(2)17(20)21-16(12-3-7-14(18)8-4-12)13-5-9-15(19)10-6-13/h3-10,16H,1H2,2H3. The molecule has 0 bridgehead atoms. The average Bonchev–Trinajstić information content (AvgIpc) is 2.46. The molecule has 0 aliphatic carbocycles. The first-order valence-corrected chi connectivity index (χ1v) is 7.10. The molecule has 2 nitrogen and oxygen atoms in total. The van der Waals surface area contributed by atoms with E-state index in [1.807, 2.05) is 24.3 Å². The number of ether oxygens (including phenoxy) is 1. The van der Waals surface area contributed by atoms with E-state index in [9.17, 15) is 4.79 Å². The Hall–Kier alpha value is -1.77. The number of esters is 1. The van der Waals surface area contributed by atoms with E-state index in [0.29, 0.717) is 15.6 Å². The normalized spacial score (nSPS) is 10.5. The largest absolute Gasteiger partial charge is 0.449 e. The van der Waals surface area contributed by atoms with E-state index in [0.717, 1.165) is 11.1 Å². The molecule has 108 valence electrons. The lowest BCUT2D eigenvalue weighted by atomic mass is 10.0. The third kappa shape index (κ3) is 4.10. The van der Waals surface area contributed by atoms with Crippen LogP contribution in [0.15, 0.2) is 60.7 Å². The minimum atomic E-state index is -0.524. The highest BCUT2D eigenvalue weighted by molar-refractivity contribution is 6.30. The summed E-state index contributed by atoms with van der Waals surface area (Å²) < 4.78 is 5.54. The van der Waals surface area contributed by atoms with Gasteiger partial charge in [0.05, 0.1) is 0 Å². The Morgan fingerprint density at radius 1 is 0.952 bits per heavy atom. The first-order valence-electron chi connectivity index (χ1n) is 6.35. The summed E-state index contributed by atoms with van der Waals surface area (Å²) in [6.07, 6.45) is -0.524. The molecule has 2 rings (SSSR count). The summed E-state index contributed by atoms with van der Waals surface area (Å²) in [5.41, 5.74) is 2.01. The lowest BCUT2D eigenvalue weighted by Crippen LogP contribution is -2.13. The van der Waals surface area contributed by atoms with Crippen LogP contribution in [-0.2, 0) is 9.53 Å². The van der Waals surface area contributed by atoms with Crippen molar-refractivity contribution in [1.29, 1.82) is 0 Å². The molecule has 4 heteroatoms. The summed E-state index contributed by atoms with van der Waals surface area (Å²) in [4.78, 5) is 11.9. The number of carbonyl (C=O) groups is 1. The maximum atomic E-state index is 11.9. The molecular formula is C17H14Cl2O2. The summed E-state index contributed by atoms with van der Waals surface area (Å²) in [6.45, 7) is 5.22. The van der Waals surface area contributed by atoms with Gasteiger partial charge >= 0.3 is 5.97 Å². The quantitative estimate of drug-likeness (QED) is 0.571. The van der Waals surface area contributed by atoms with Crippen molar-refractivity contribution in [2.24, 2.45) is 0 Å². The molecule has 0 N–H and O–H groups in total. The Morgan fingerprint density at radius 2 is 1.33 bits per heavy atom. The molecule has 0 heterocycles. The minimum Gasteiger partial charge on any atom is -0.449 e. The van der Waals surface area contributed by atoms with E-state index >= 15 is 0 Å².